The molecule has 1 saturated heterocycles. The van der Waals surface area contributed by atoms with Crippen LogP contribution in [-0.2, 0) is 20.7 Å². The Morgan fingerprint density at radius 2 is 1.95 bits per heavy atom. The summed E-state index contributed by atoms with van der Waals surface area (Å²) in [5.41, 5.74) is 1.26. The maximum atomic E-state index is 12.4. The van der Waals surface area contributed by atoms with E-state index in [9.17, 15) is 4.79 Å². The first-order valence-corrected chi connectivity index (χ1v) is 8.31. The van der Waals surface area contributed by atoms with Crippen LogP contribution in [0.4, 0.5) is 0 Å². The summed E-state index contributed by atoms with van der Waals surface area (Å²) >= 11 is 0. The fourth-order valence-corrected chi connectivity index (χ4v) is 3.21. The Balaban J connectivity index is 1.66. The molecule has 3 nitrogen and oxygen atoms in total. The molecule has 1 aromatic rings. The van der Waals surface area contributed by atoms with E-state index in [0.717, 1.165) is 38.7 Å². The van der Waals surface area contributed by atoms with Crippen molar-refractivity contribution in [3.8, 4) is 0 Å². The van der Waals surface area contributed by atoms with E-state index in [1.165, 1.54) is 5.56 Å². The zero-order chi connectivity index (χ0) is 15.2. The number of hydrogen-bond donors (Lipinski definition) is 0. The number of benzene rings is 1. The van der Waals surface area contributed by atoms with Crippen molar-refractivity contribution in [2.75, 3.05) is 6.61 Å². The lowest BCUT2D eigenvalue weighted by atomic mass is 10.0. The highest BCUT2D eigenvalue weighted by atomic mass is 16.6. The van der Waals surface area contributed by atoms with E-state index in [-0.39, 0.29) is 24.1 Å². The van der Waals surface area contributed by atoms with Gasteiger partial charge in [0.15, 0.2) is 5.78 Å². The van der Waals surface area contributed by atoms with Gasteiger partial charge in [-0.3, -0.25) is 4.79 Å². The van der Waals surface area contributed by atoms with Crippen LogP contribution in [0, 0.1) is 0 Å². The van der Waals surface area contributed by atoms with Crippen LogP contribution < -0.4 is 0 Å². The molecular weight excluding hydrogens is 276 g/mol. The minimum Gasteiger partial charge on any atom is -0.375 e. The molecule has 0 radical (unpaired) electrons. The number of aryl methyl sites for hydroxylation is 1. The number of carbonyl (C=O) groups is 1. The summed E-state index contributed by atoms with van der Waals surface area (Å²) in [6.45, 7) is 0.807. The van der Waals surface area contributed by atoms with Gasteiger partial charge in [-0.05, 0) is 37.7 Å². The summed E-state index contributed by atoms with van der Waals surface area (Å²) in [5.74, 6) is 0.193. The van der Waals surface area contributed by atoms with Crippen LogP contribution in [0.5, 0.6) is 0 Å². The molecule has 3 heteroatoms. The number of allylic oxidation sites excluding steroid dienone is 1. The van der Waals surface area contributed by atoms with Crippen molar-refractivity contribution in [3.63, 3.8) is 0 Å². The molecule has 0 aromatic heterocycles. The fourth-order valence-electron chi connectivity index (χ4n) is 3.21. The summed E-state index contributed by atoms with van der Waals surface area (Å²) in [5, 5.41) is 0. The lowest BCUT2D eigenvalue weighted by Gasteiger charge is -2.33. The van der Waals surface area contributed by atoms with Gasteiger partial charge in [0.1, 0.15) is 6.10 Å². The first kappa shape index (κ1) is 15.4. The standard InChI is InChI=1S/C19H24O3/c20-16-9-4-5-10-18-19(11-6-14-21-18)22-17(16)13-12-15-7-2-1-3-8-15/h1-5,7-8,17-19H,6,9-14H2/b5-4-/t17-,18-,19+/m1/s1. The molecule has 2 aliphatic heterocycles. The van der Waals surface area contributed by atoms with Crippen LogP contribution in [-0.4, -0.2) is 30.7 Å². The molecule has 0 N–H and O–H groups in total. The van der Waals surface area contributed by atoms with Crippen LogP contribution in [0.2, 0.25) is 0 Å². The van der Waals surface area contributed by atoms with Gasteiger partial charge in [-0.15, -0.1) is 0 Å². The largest absolute Gasteiger partial charge is 0.375 e. The SMILES string of the molecule is O=C1C/C=C\C[C@H]2OCCC[C@@H]2O[C@@H]1CCc1ccccc1. The smallest absolute Gasteiger partial charge is 0.165 e. The molecule has 2 heterocycles. The molecule has 0 aliphatic carbocycles. The van der Waals surface area contributed by atoms with Crippen LogP contribution >= 0.6 is 0 Å². The number of fused-ring (bicyclic) bond motifs is 1. The van der Waals surface area contributed by atoms with Gasteiger partial charge in [0, 0.05) is 13.0 Å². The van der Waals surface area contributed by atoms with Crippen LogP contribution in [0.1, 0.15) is 37.7 Å². The first-order chi connectivity index (χ1) is 10.8. The lowest BCUT2D eigenvalue weighted by Crippen LogP contribution is -2.40. The van der Waals surface area contributed by atoms with Crippen molar-refractivity contribution in [3.05, 3.63) is 48.0 Å². The highest BCUT2D eigenvalue weighted by molar-refractivity contribution is 5.84. The number of ether oxygens (including phenoxy) is 2. The van der Waals surface area contributed by atoms with Crippen LogP contribution in [0.15, 0.2) is 42.5 Å². The molecule has 0 amide bonds. The molecule has 3 rings (SSSR count). The Kier molecular flexibility index (Phi) is 5.41. The molecule has 0 spiro atoms. The predicted molar refractivity (Wildman–Crippen MR) is 85.8 cm³/mol. The molecule has 3 atom stereocenters. The van der Waals surface area contributed by atoms with Gasteiger partial charge >= 0.3 is 0 Å². The van der Waals surface area contributed by atoms with Gasteiger partial charge in [0.05, 0.1) is 12.2 Å². The Morgan fingerprint density at radius 3 is 2.82 bits per heavy atom. The molecule has 0 bridgehead atoms. The number of Topliss-reactive ketones (excluding diaryl/α,β-unsaturated/α-hetero) is 1. The van der Waals surface area contributed by atoms with Crippen molar-refractivity contribution in [2.24, 2.45) is 0 Å². The third-order valence-electron chi connectivity index (χ3n) is 4.47. The van der Waals surface area contributed by atoms with E-state index in [1.807, 2.05) is 24.3 Å². The molecule has 0 unspecified atom stereocenters. The van der Waals surface area contributed by atoms with Gasteiger partial charge in [0.25, 0.3) is 0 Å². The van der Waals surface area contributed by atoms with Crippen LogP contribution in [0.25, 0.3) is 0 Å². The van der Waals surface area contributed by atoms with E-state index < -0.39 is 0 Å². The summed E-state index contributed by atoms with van der Waals surface area (Å²) in [6, 6.07) is 10.3. The van der Waals surface area contributed by atoms with Gasteiger partial charge in [-0.1, -0.05) is 42.5 Å². The second-order valence-corrected chi connectivity index (χ2v) is 6.12. The molecule has 1 aromatic carbocycles. The van der Waals surface area contributed by atoms with Crippen LogP contribution in [0.3, 0.4) is 0 Å². The maximum absolute atomic E-state index is 12.4. The minimum absolute atomic E-state index is 0.0567. The summed E-state index contributed by atoms with van der Waals surface area (Å²) in [7, 11) is 0. The van der Waals surface area contributed by atoms with E-state index in [4.69, 9.17) is 9.47 Å². The first-order valence-electron chi connectivity index (χ1n) is 8.31. The zero-order valence-corrected chi connectivity index (χ0v) is 12.9. The van der Waals surface area contributed by atoms with Gasteiger partial charge in [-0.25, -0.2) is 0 Å². The number of carbonyl (C=O) groups excluding carboxylic acids is 1. The average molecular weight is 300 g/mol. The van der Waals surface area contributed by atoms with Crippen molar-refractivity contribution in [1.29, 1.82) is 0 Å². The lowest BCUT2D eigenvalue weighted by molar-refractivity contribution is -0.151. The highest BCUT2D eigenvalue weighted by Gasteiger charge is 2.31. The molecule has 0 saturated carbocycles. The minimum atomic E-state index is -0.308. The molecule has 118 valence electrons. The maximum Gasteiger partial charge on any atom is 0.165 e. The van der Waals surface area contributed by atoms with Gasteiger partial charge in [-0.2, -0.15) is 0 Å². The van der Waals surface area contributed by atoms with E-state index >= 15 is 0 Å². The van der Waals surface area contributed by atoms with Gasteiger partial charge in [0.2, 0.25) is 0 Å². The van der Waals surface area contributed by atoms with Crippen molar-refractivity contribution < 1.29 is 14.3 Å². The Morgan fingerprint density at radius 1 is 1.09 bits per heavy atom. The summed E-state index contributed by atoms with van der Waals surface area (Å²) in [6.07, 6.45) is 8.86. The predicted octanol–water partition coefficient (Wildman–Crippen LogP) is 3.47. The monoisotopic (exact) mass is 300 g/mol. The van der Waals surface area contributed by atoms with E-state index in [2.05, 4.69) is 18.2 Å². The Hall–Kier alpha value is -1.45. The third-order valence-corrected chi connectivity index (χ3v) is 4.47. The van der Waals surface area contributed by atoms with E-state index in [1.54, 1.807) is 0 Å². The molecule has 1 fully saturated rings. The van der Waals surface area contributed by atoms with Crippen molar-refractivity contribution in [2.45, 2.75) is 56.8 Å². The Labute approximate surface area is 132 Å². The Bertz CT molecular complexity index is 509. The third kappa shape index (κ3) is 4.05. The van der Waals surface area contributed by atoms with E-state index in [0.29, 0.717) is 6.42 Å². The number of rotatable bonds is 3. The molecule has 22 heavy (non-hydrogen) atoms. The molecular formula is C19H24O3. The molecule has 2 aliphatic rings. The second kappa shape index (κ2) is 7.70. The number of ketones is 1. The van der Waals surface area contributed by atoms with Gasteiger partial charge < -0.3 is 9.47 Å². The van der Waals surface area contributed by atoms with Crippen molar-refractivity contribution >= 4 is 5.78 Å². The quantitative estimate of drug-likeness (QED) is 0.802. The average Bonchev–Trinajstić information content (AvgIpc) is 2.64. The number of hydrogen-bond acceptors (Lipinski definition) is 3. The summed E-state index contributed by atoms with van der Waals surface area (Å²) in [4.78, 5) is 12.4. The zero-order valence-electron chi connectivity index (χ0n) is 12.9. The van der Waals surface area contributed by atoms with Crippen molar-refractivity contribution in [1.82, 2.24) is 0 Å². The highest BCUT2D eigenvalue weighted by Crippen LogP contribution is 2.25. The summed E-state index contributed by atoms with van der Waals surface area (Å²) < 4.78 is 12.0. The normalized spacial score (nSPS) is 30.7. The topological polar surface area (TPSA) is 35.5 Å². The second-order valence-electron chi connectivity index (χ2n) is 6.12. The fraction of sp³-hybridized carbons (Fsp3) is 0.526.